The number of alkyl halides is 5. The van der Waals surface area contributed by atoms with Gasteiger partial charge in [0.15, 0.2) is 16.6 Å². The van der Waals surface area contributed by atoms with Crippen LogP contribution in [0, 0.1) is 0 Å². The maximum Gasteiger partial charge on any atom is 0.325 e. The van der Waals surface area contributed by atoms with Crippen LogP contribution < -0.4 is 0 Å². The first-order valence-electron chi connectivity index (χ1n) is 12.6. The van der Waals surface area contributed by atoms with Gasteiger partial charge in [-0.25, -0.2) is 0 Å². The second kappa shape index (κ2) is 27.8. The molecule has 0 aliphatic rings. The molecule has 40 heavy (non-hydrogen) atoms. The van der Waals surface area contributed by atoms with Crippen LogP contribution in [0.5, 0.6) is 0 Å². The Labute approximate surface area is 292 Å². The summed E-state index contributed by atoms with van der Waals surface area (Å²) in [5, 5.41) is 2.65. The van der Waals surface area contributed by atoms with Crippen molar-refractivity contribution >= 4 is 132 Å². The Morgan fingerprint density at radius 1 is 0.650 bits per heavy atom. The van der Waals surface area contributed by atoms with Crippen LogP contribution >= 0.6 is 109 Å². The molecular weight excluding hydrogens is 932 g/mol. The first-order chi connectivity index (χ1) is 17.5. The highest BCUT2D eigenvalue weighted by Gasteiger charge is 2.35. The SMILES string of the molecule is CP(C)(=O)CCCBr.C[Si](C)(C)Br.C[Si](C)(C)OP(=O)(CCCBr)O[Si](C)(C)C.ClCCl.O=P(O)(O)CCCBr. The van der Waals surface area contributed by atoms with Gasteiger partial charge in [-0.05, 0) is 71.9 Å². The lowest BCUT2D eigenvalue weighted by Gasteiger charge is -2.30. The van der Waals surface area contributed by atoms with Gasteiger partial charge in [0, 0.05) is 28.3 Å². The maximum absolute atomic E-state index is 12.6. The van der Waals surface area contributed by atoms with Crippen molar-refractivity contribution in [2.24, 2.45) is 0 Å². The molecule has 19 heteroatoms. The van der Waals surface area contributed by atoms with Gasteiger partial charge in [-0.1, -0.05) is 67.4 Å². The fourth-order valence-corrected chi connectivity index (χ4v) is 14.0. The molecule has 0 aromatic heterocycles. The maximum atomic E-state index is 12.6. The Morgan fingerprint density at radius 2 is 0.900 bits per heavy atom. The van der Waals surface area contributed by atoms with Crippen LogP contribution in [0.1, 0.15) is 19.3 Å². The van der Waals surface area contributed by atoms with Gasteiger partial charge in [0.2, 0.25) is 0 Å². The van der Waals surface area contributed by atoms with Crippen molar-refractivity contribution in [3.05, 3.63) is 0 Å². The zero-order valence-corrected chi connectivity index (χ0v) is 39.7. The van der Waals surface area contributed by atoms with Crippen molar-refractivity contribution in [3.8, 4) is 0 Å². The molecule has 0 aliphatic carbocycles. The quantitative estimate of drug-likeness (QED) is 0.0818. The lowest BCUT2D eigenvalue weighted by atomic mass is 10.6. The van der Waals surface area contributed by atoms with Crippen LogP contribution in [0.25, 0.3) is 0 Å². The van der Waals surface area contributed by atoms with E-state index < -0.39 is 45.7 Å². The van der Waals surface area contributed by atoms with E-state index in [2.05, 4.69) is 82.7 Å². The average Bonchev–Trinajstić information content (AvgIpc) is 2.65. The molecule has 0 bridgehead atoms. The number of hydrogen-bond acceptors (Lipinski definition) is 5. The Hall–Kier alpha value is 3.68. The third kappa shape index (κ3) is 73.3. The zero-order chi connectivity index (χ0) is 33.5. The molecule has 0 heterocycles. The fraction of sp³-hybridized carbons (Fsp3) is 1.00. The highest BCUT2D eigenvalue weighted by molar-refractivity contribution is 9.26. The predicted octanol–water partition coefficient (Wildman–Crippen LogP) is 11.6. The van der Waals surface area contributed by atoms with E-state index >= 15 is 0 Å². The van der Waals surface area contributed by atoms with E-state index in [1.165, 1.54) is 0 Å². The van der Waals surface area contributed by atoms with Gasteiger partial charge in [-0.15, -0.1) is 38.5 Å². The van der Waals surface area contributed by atoms with Gasteiger partial charge in [-0.2, -0.15) is 0 Å². The minimum atomic E-state index is -3.71. The summed E-state index contributed by atoms with van der Waals surface area (Å²) in [5.74, 6) is 0. The molecule has 0 unspecified atom stereocenters. The first kappa shape index (κ1) is 53.2. The number of halogens is 6. The summed E-state index contributed by atoms with van der Waals surface area (Å²) in [6.07, 6.45) is 3.77. The van der Waals surface area contributed by atoms with Crippen LogP contribution in [-0.4, -0.2) is 86.3 Å². The summed E-state index contributed by atoms with van der Waals surface area (Å²) < 4.78 is 45.2. The van der Waals surface area contributed by atoms with E-state index in [9.17, 15) is 13.7 Å². The van der Waals surface area contributed by atoms with Crippen molar-refractivity contribution in [3.63, 3.8) is 0 Å². The summed E-state index contributed by atoms with van der Waals surface area (Å²) in [5.41, 5.74) is 0. The molecule has 250 valence electrons. The van der Waals surface area contributed by atoms with Crippen LogP contribution in [0.3, 0.4) is 0 Å². The molecule has 0 aromatic rings. The van der Waals surface area contributed by atoms with Crippen LogP contribution in [0.4, 0.5) is 0 Å². The molecule has 0 aromatic carbocycles. The van der Waals surface area contributed by atoms with Gasteiger partial charge in [0.25, 0.3) is 0 Å². The Balaban J connectivity index is -0.000000144. The van der Waals surface area contributed by atoms with Gasteiger partial charge >= 0.3 is 15.2 Å². The van der Waals surface area contributed by atoms with Crippen molar-refractivity contribution in [1.29, 1.82) is 0 Å². The van der Waals surface area contributed by atoms with Crippen LogP contribution in [-0.2, 0) is 22.1 Å². The molecule has 0 fully saturated rings. The van der Waals surface area contributed by atoms with E-state index in [0.717, 1.165) is 29.7 Å². The summed E-state index contributed by atoms with van der Waals surface area (Å²) in [7, 11) is -12.0. The molecule has 0 spiro atoms. The van der Waals surface area contributed by atoms with E-state index in [-0.39, 0.29) is 11.5 Å². The molecule has 0 atom stereocenters. The van der Waals surface area contributed by atoms with Gasteiger partial charge in [0.05, 0.1) is 18.6 Å². The Morgan fingerprint density at radius 3 is 1.05 bits per heavy atom. The molecule has 7 nitrogen and oxygen atoms in total. The van der Waals surface area contributed by atoms with Crippen molar-refractivity contribution in [2.45, 2.75) is 78.2 Å². The van der Waals surface area contributed by atoms with Gasteiger partial charge in [0.1, 0.15) is 6.69 Å². The first-order valence-corrected chi connectivity index (χ1v) is 35.9. The highest BCUT2D eigenvalue weighted by atomic mass is 79.9. The van der Waals surface area contributed by atoms with Gasteiger partial charge < -0.3 is 22.8 Å². The molecule has 0 saturated carbocycles. The smallest absolute Gasteiger partial charge is 0.325 e. The van der Waals surface area contributed by atoms with E-state index in [4.69, 9.17) is 41.4 Å². The lowest BCUT2D eigenvalue weighted by Crippen LogP contribution is -2.30. The molecule has 0 aliphatic heterocycles. The second-order valence-corrected chi connectivity index (χ2v) is 43.1. The van der Waals surface area contributed by atoms with E-state index in [1.807, 2.05) is 52.6 Å². The standard InChI is InChI=1S/C9H24BrO3PSi2.C5H12BrOP.C3H8BrO3P.C3H9BrSi.CH2Cl2/c1-15(2,3)12-14(11,9-7-8-10)13-16(4,5)6;1-8(2,7)5-3-4-6;4-2-1-3-8(5,6)7;1-5(2,3)4;2-1-3/h7-9H2,1-6H3;3-5H2,1-2H3;1-3H2,(H2,5,6,7);1-3H3;1H2. The minimum absolute atomic E-state index is 0.0156. The second-order valence-electron chi connectivity index (χ2n) is 11.7. The Kier molecular flexibility index (Phi) is 36.9. The minimum Gasteiger partial charge on any atom is -0.352 e. The third-order valence-corrected chi connectivity index (χ3v) is 14.3. The van der Waals surface area contributed by atoms with Crippen LogP contribution in [0.15, 0.2) is 0 Å². The molecular formula is C21H55Br4Cl2O7P3Si3. The lowest BCUT2D eigenvalue weighted by molar-refractivity contribution is 0.372. The molecule has 0 amide bonds. The highest BCUT2D eigenvalue weighted by Crippen LogP contribution is 2.53. The largest absolute Gasteiger partial charge is 0.352 e. The number of hydrogen-bond donors (Lipinski definition) is 2. The average molecular weight is 987 g/mol. The zero-order valence-electron chi connectivity index (χ0n) is 26.1. The molecule has 2 N–H and O–H groups in total. The van der Waals surface area contributed by atoms with Gasteiger partial charge in [-0.3, -0.25) is 9.13 Å². The fourth-order valence-electron chi connectivity index (χ4n) is 1.90. The summed E-state index contributed by atoms with van der Waals surface area (Å²) in [6.45, 7) is 21.8. The Bertz CT molecular complexity index is 680. The third-order valence-electron chi connectivity index (χ3n) is 2.80. The summed E-state index contributed by atoms with van der Waals surface area (Å²) >= 11 is 22.7. The normalized spacial score (nSPS) is 12.4. The molecule has 0 radical (unpaired) electrons. The molecule has 0 saturated heterocycles. The predicted molar refractivity (Wildman–Crippen MR) is 207 cm³/mol. The molecule has 0 rings (SSSR count). The van der Waals surface area contributed by atoms with E-state index in [0.29, 0.717) is 17.9 Å². The topological polar surface area (TPSA) is 110 Å². The van der Waals surface area contributed by atoms with Crippen molar-refractivity contribution in [2.75, 3.05) is 53.1 Å². The monoisotopic (exact) mass is 982 g/mol. The van der Waals surface area contributed by atoms with Crippen molar-refractivity contribution < 1.29 is 31.9 Å². The summed E-state index contributed by atoms with van der Waals surface area (Å²) in [4.78, 5) is 16.5. The van der Waals surface area contributed by atoms with Crippen LogP contribution in [0.2, 0.25) is 58.9 Å². The van der Waals surface area contributed by atoms with Crippen molar-refractivity contribution in [1.82, 2.24) is 0 Å². The summed E-state index contributed by atoms with van der Waals surface area (Å²) in [6, 6.07) is 0. The van der Waals surface area contributed by atoms with E-state index in [1.54, 1.807) is 0 Å². The number of rotatable bonds is 13.